The number of amides is 1. The van der Waals surface area contributed by atoms with Crippen LogP contribution < -0.4 is 0 Å². The molecule has 128 valence electrons. The molecule has 0 aromatic carbocycles. The van der Waals surface area contributed by atoms with Crippen LogP contribution in [0.5, 0.6) is 0 Å². The van der Waals surface area contributed by atoms with E-state index in [1.807, 2.05) is 11.8 Å². The highest BCUT2D eigenvalue weighted by Crippen LogP contribution is 2.16. The molecule has 0 atom stereocenters. The summed E-state index contributed by atoms with van der Waals surface area (Å²) in [4.78, 5) is 24.5. The zero-order valence-electron chi connectivity index (χ0n) is 13.4. The Kier molecular flexibility index (Phi) is 4.84. The third kappa shape index (κ3) is 3.43. The highest BCUT2D eigenvalue weighted by molar-refractivity contribution is 5.95. The molecule has 1 fully saturated rings. The molecule has 0 radical (unpaired) electrons. The van der Waals surface area contributed by atoms with Crippen LogP contribution in [0.15, 0.2) is 30.7 Å². The summed E-state index contributed by atoms with van der Waals surface area (Å²) in [5, 5.41) is 0. The predicted octanol–water partition coefficient (Wildman–Crippen LogP) is 1.94. The number of carbonyl (C=O) groups excluding carboxylic acids is 1. The minimum atomic E-state index is -2.58. The molecule has 0 spiro atoms. The molecule has 2 aromatic rings. The van der Waals surface area contributed by atoms with Crippen LogP contribution in [0.25, 0.3) is 0 Å². The first-order valence-electron chi connectivity index (χ1n) is 7.79. The van der Waals surface area contributed by atoms with E-state index in [0.29, 0.717) is 49.8 Å². The summed E-state index contributed by atoms with van der Waals surface area (Å²) in [5.41, 5.74) is 1.32. The SMILES string of the molecule is Cc1ncccc1C(=O)N1CCN(Cc2nccn2C(F)F)CC1. The van der Waals surface area contributed by atoms with Crippen LogP contribution in [0.1, 0.15) is 28.4 Å². The second kappa shape index (κ2) is 7.04. The lowest BCUT2D eigenvalue weighted by Crippen LogP contribution is -2.48. The van der Waals surface area contributed by atoms with E-state index in [4.69, 9.17) is 0 Å². The van der Waals surface area contributed by atoms with E-state index >= 15 is 0 Å². The first-order valence-corrected chi connectivity index (χ1v) is 7.79. The minimum absolute atomic E-state index is 0.0330. The topological polar surface area (TPSA) is 54.3 Å². The second-order valence-corrected chi connectivity index (χ2v) is 5.73. The Hall–Kier alpha value is -2.35. The molecule has 0 saturated carbocycles. The van der Waals surface area contributed by atoms with Gasteiger partial charge in [0, 0.05) is 50.5 Å². The van der Waals surface area contributed by atoms with Gasteiger partial charge < -0.3 is 4.90 Å². The fourth-order valence-electron chi connectivity index (χ4n) is 2.83. The van der Waals surface area contributed by atoms with Crippen molar-refractivity contribution in [1.29, 1.82) is 0 Å². The average Bonchev–Trinajstić information content (AvgIpc) is 3.04. The van der Waals surface area contributed by atoms with Gasteiger partial charge in [0.05, 0.1) is 12.1 Å². The molecule has 2 aromatic heterocycles. The Balaban J connectivity index is 1.59. The van der Waals surface area contributed by atoms with Crippen molar-refractivity contribution in [2.45, 2.75) is 20.0 Å². The Bertz CT molecular complexity index is 710. The van der Waals surface area contributed by atoms with Gasteiger partial charge in [-0.2, -0.15) is 8.78 Å². The molecule has 6 nitrogen and oxygen atoms in total. The van der Waals surface area contributed by atoms with Crippen LogP contribution in [0, 0.1) is 6.92 Å². The number of pyridine rings is 1. The Morgan fingerprint density at radius 2 is 1.96 bits per heavy atom. The maximum atomic E-state index is 12.9. The third-order valence-corrected chi connectivity index (χ3v) is 4.22. The smallest absolute Gasteiger partial charge is 0.319 e. The maximum Gasteiger partial charge on any atom is 0.319 e. The van der Waals surface area contributed by atoms with Gasteiger partial charge in [0.1, 0.15) is 5.82 Å². The maximum absolute atomic E-state index is 12.9. The van der Waals surface area contributed by atoms with Gasteiger partial charge in [-0.05, 0) is 19.1 Å². The molecule has 0 aliphatic carbocycles. The van der Waals surface area contributed by atoms with Gasteiger partial charge >= 0.3 is 6.55 Å². The molecule has 1 saturated heterocycles. The largest absolute Gasteiger partial charge is 0.336 e. The van der Waals surface area contributed by atoms with Gasteiger partial charge in [-0.3, -0.25) is 19.2 Å². The number of rotatable bonds is 4. The van der Waals surface area contributed by atoms with Gasteiger partial charge in [-0.25, -0.2) is 4.98 Å². The highest BCUT2D eigenvalue weighted by atomic mass is 19.3. The first kappa shape index (κ1) is 16.5. The zero-order valence-corrected chi connectivity index (χ0v) is 13.4. The molecule has 8 heteroatoms. The van der Waals surface area contributed by atoms with Crippen LogP contribution in [0.4, 0.5) is 8.78 Å². The summed E-state index contributed by atoms with van der Waals surface area (Å²) < 4.78 is 26.6. The summed E-state index contributed by atoms with van der Waals surface area (Å²) in [7, 11) is 0. The zero-order chi connectivity index (χ0) is 17.1. The van der Waals surface area contributed by atoms with E-state index in [2.05, 4.69) is 9.97 Å². The Labute approximate surface area is 138 Å². The van der Waals surface area contributed by atoms with Gasteiger partial charge in [0.25, 0.3) is 5.91 Å². The van der Waals surface area contributed by atoms with Crippen molar-refractivity contribution in [2.24, 2.45) is 0 Å². The van der Waals surface area contributed by atoms with E-state index in [0.717, 1.165) is 4.57 Å². The number of nitrogens with zero attached hydrogens (tertiary/aromatic N) is 5. The standard InChI is InChI=1S/C16H19F2N5O/c1-12-13(3-2-4-19-12)15(24)22-9-7-21(8-10-22)11-14-20-5-6-23(14)16(17)18/h2-6,16H,7-11H2,1H3. The van der Waals surface area contributed by atoms with Crippen LogP contribution in [-0.2, 0) is 6.54 Å². The number of alkyl halides is 2. The molecule has 24 heavy (non-hydrogen) atoms. The molecule has 1 aliphatic rings. The number of hydrogen-bond donors (Lipinski definition) is 0. The fraction of sp³-hybridized carbons (Fsp3) is 0.438. The van der Waals surface area contributed by atoms with Crippen molar-refractivity contribution < 1.29 is 13.6 Å². The van der Waals surface area contributed by atoms with Crippen molar-refractivity contribution in [2.75, 3.05) is 26.2 Å². The van der Waals surface area contributed by atoms with Crippen LogP contribution in [0.3, 0.4) is 0 Å². The summed E-state index contributed by atoms with van der Waals surface area (Å²) in [6.07, 6.45) is 4.33. The molecule has 3 heterocycles. The van der Waals surface area contributed by atoms with E-state index < -0.39 is 6.55 Å². The Morgan fingerprint density at radius 3 is 2.62 bits per heavy atom. The van der Waals surface area contributed by atoms with Crippen molar-refractivity contribution in [1.82, 2.24) is 24.3 Å². The second-order valence-electron chi connectivity index (χ2n) is 5.73. The number of piperazine rings is 1. The van der Waals surface area contributed by atoms with Gasteiger partial charge in [0.2, 0.25) is 0 Å². The van der Waals surface area contributed by atoms with E-state index in [1.54, 1.807) is 23.2 Å². The molecule has 3 rings (SSSR count). The van der Waals surface area contributed by atoms with Gasteiger partial charge in [-0.1, -0.05) is 0 Å². The summed E-state index contributed by atoms with van der Waals surface area (Å²) in [6, 6.07) is 3.52. The number of aryl methyl sites for hydroxylation is 1. The molecule has 1 amide bonds. The van der Waals surface area contributed by atoms with Crippen LogP contribution in [0.2, 0.25) is 0 Å². The third-order valence-electron chi connectivity index (χ3n) is 4.22. The molecular weight excluding hydrogens is 316 g/mol. The molecule has 1 aliphatic heterocycles. The number of carbonyl (C=O) groups is 1. The fourth-order valence-corrected chi connectivity index (χ4v) is 2.83. The highest BCUT2D eigenvalue weighted by Gasteiger charge is 2.24. The Morgan fingerprint density at radius 1 is 1.21 bits per heavy atom. The van der Waals surface area contributed by atoms with Crippen LogP contribution in [-0.4, -0.2) is 56.4 Å². The number of hydrogen-bond acceptors (Lipinski definition) is 4. The van der Waals surface area contributed by atoms with Crippen molar-refractivity contribution >= 4 is 5.91 Å². The summed E-state index contributed by atoms with van der Waals surface area (Å²) in [5.74, 6) is 0.308. The lowest BCUT2D eigenvalue weighted by Gasteiger charge is -2.34. The monoisotopic (exact) mass is 335 g/mol. The lowest BCUT2D eigenvalue weighted by molar-refractivity contribution is 0.0555. The number of halogens is 2. The van der Waals surface area contributed by atoms with Crippen LogP contribution >= 0.6 is 0 Å². The van der Waals surface area contributed by atoms with Crippen molar-refractivity contribution in [3.05, 3.63) is 47.8 Å². The summed E-state index contributed by atoms with van der Waals surface area (Å²) >= 11 is 0. The molecule has 0 N–H and O–H groups in total. The lowest BCUT2D eigenvalue weighted by atomic mass is 10.1. The number of imidazole rings is 1. The quantitative estimate of drug-likeness (QED) is 0.857. The van der Waals surface area contributed by atoms with Gasteiger partial charge in [0.15, 0.2) is 0 Å². The minimum Gasteiger partial charge on any atom is -0.336 e. The normalized spacial score (nSPS) is 15.9. The molecule has 0 unspecified atom stereocenters. The van der Waals surface area contributed by atoms with Gasteiger partial charge in [-0.15, -0.1) is 0 Å². The molecule has 0 bridgehead atoms. The average molecular weight is 335 g/mol. The summed E-state index contributed by atoms with van der Waals surface area (Å²) in [6.45, 7) is 1.95. The first-order chi connectivity index (χ1) is 11.6. The van der Waals surface area contributed by atoms with E-state index in [9.17, 15) is 13.6 Å². The predicted molar refractivity (Wildman–Crippen MR) is 83.6 cm³/mol. The van der Waals surface area contributed by atoms with Crippen molar-refractivity contribution in [3.8, 4) is 0 Å². The number of aromatic nitrogens is 3. The van der Waals surface area contributed by atoms with E-state index in [-0.39, 0.29) is 5.91 Å². The molecular formula is C16H19F2N5O. The van der Waals surface area contributed by atoms with Crippen molar-refractivity contribution in [3.63, 3.8) is 0 Å². The van der Waals surface area contributed by atoms with E-state index in [1.165, 1.54) is 12.4 Å².